The number of nitrogens with one attached hydrogen (secondary N) is 1. The van der Waals surface area contributed by atoms with Crippen LogP contribution < -0.4 is 10.1 Å². The van der Waals surface area contributed by atoms with Gasteiger partial charge in [0.15, 0.2) is 0 Å². The van der Waals surface area contributed by atoms with Gasteiger partial charge in [-0.05, 0) is 30.5 Å². The first kappa shape index (κ1) is 16.6. The van der Waals surface area contributed by atoms with Crippen LogP contribution in [0.2, 0.25) is 5.02 Å². The van der Waals surface area contributed by atoms with E-state index in [2.05, 4.69) is 5.32 Å². The van der Waals surface area contributed by atoms with E-state index in [0.717, 1.165) is 44.7 Å². The van der Waals surface area contributed by atoms with Crippen LogP contribution in [0.4, 0.5) is 0 Å². The van der Waals surface area contributed by atoms with Crippen LogP contribution in [0.15, 0.2) is 18.2 Å². The van der Waals surface area contributed by atoms with Crippen LogP contribution in [-0.4, -0.2) is 40.5 Å². The fourth-order valence-electron chi connectivity index (χ4n) is 2.74. The van der Waals surface area contributed by atoms with Crippen LogP contribution in [0, 0.1) is 5.92 Å². The Labute approximate surface area is 131 Å². The number of hydrogen-bond acceptors (Lipinski definition) is 4. The van der Waals surface area contributed by atoms with E-state index in [-0.39, 0.29) is 6.10 Å². The van der Waals surface area contributed by atoms with Gasteiger partial charge in [-0.1, -0.05) is 17.7 Å². The molecule has 2 rings (SSSR count). The van der Waals surface area contributed by atoms with E-state index >= 15 is 0 Å². The minimum atomic E-state index is 0.0946. The van der Waals surface area contributed by atoms with Crippen molar-refractivity contribution in [3.8, 4) is 5.75 Å². The van der Waals surface area contributed by atoms with Crippen LogP contribution in [-0.2, 0) is 9.47 Å². The molecule has 0 amide bonds. The normalized spacial score (nSPS) is 22.2. The minimum absolute atomic E-state index is 0.0946. The van der Waals surface area contributed by atoms with Crippen molar-refractivity contribution in [1.29, 1.82) is 0 Å². The molecule has 0 aliphatic carbocycles. The smallest absolute Gasteiger partial charge is 0.137 e. The summed E-state index contributed by atoms with van der Waals surface area (Å²) in [5.41, 5.74) is 1.12. The van der Waals surface area contributed by atoms with Crippen molar-refractivity contribution in [2.24, 2.45) is 5.92 Å². The average Bonchev–Trinajstić information content (AvgIpc) is 2.52. The Morgan fingerprint density at radius 3 is 2.95 bits per heavy atom. The first-order valence-corrected chi connectivity index (χ1v) is 7.78. The van der Waals surface area contributed by atoms with Gasteiger partial charge >= 0.3 is 0 Å². The first-order valence-electron chi connectivity index (χ1n) is 7.41. The Hall–Kier alpha value is -0.810. The Balaban J connectivity index is 2.02. The minimum Gasteiger partial charge on any atom is -0.495 e. The second-order valence-corrected chi connectivity index (χ2v) is 5.69. The van der Waals surface area contributed by atoms with Gasteiger partial charge in [-0.3, -0.25) is 0 Å². The van der Waals surface area contributed by atoms with Crippen LogP contribution in [0.3, 0.4) is 0 Å². The molecule has 1 fully saturated rings. The van der Waals surface area contributed by atoms with Crippen LogP contribution >= 0.6 is 11.6 Å². The van der Waals surface area contributed by atoms with Gasteiger partial charge in [-0.15, -0.1) is 0 Å². The van der Waals surface area contributed by atoms with Gasteiger partial charge in [0.05, 0.1) is 24.8 Å². The molecule has 4 nitrogen and oxygen atoms in total. The van der Waals surface area contributed by atoms with Crippen molar-refractivity contribution in [3.05, 3.63) is 28.8 Å². The molecule has 1 N–H and O–H groups in total. The zero-order valence-corrected chi connectivity index (χ0v) is 13.5. The molecule has 1 aliphatic heterocycles. The Morgan fingerprint density at radius 2 is 2.24 bits per heavy atom. The van der Waals surface area contributed by atoms with E-state index in [1.54, 1.807) is 14.2 Å². The quantitative estimate of drug-likeness (QED) is 0.785. The molecule has 21 heavy (non-hydrogen) atoms. The average molecular weight is 314 g/mol. The van der Waals surface area contributed by atoms with Crippen LogP contribution in [0.5, 0.6) is 5.75 Å². The molecule has 0 bridgehead atoms. The van der Waals surface area contributed by atoms with Crippen LogP contribution in [0.25, 0.3) is 0 Å². The fourth-order valence-corrected chi connectivity index (χ4v) is 3.01. The lowest BCUT2D eigenvalue weighted by atomic mass is 9.89. The van der Waals surface area contributed by atoms with Crippen molar-refractivity contribution in [3.63, 3.8) is 0 Å². The predicted octanol–water partition coefficient (Wildman–Crippen LogP) is 3.05. The standard InChI is InChI=1S/C16H24ClNO3/c1-19-9-7-18-11-13-4-3-8-21-16(13)12-5-6-15(20-2)14(17)10-12/h5-6,10,13,16,18H,3-4,7-9,11H2,1-2H3. The maximum absolute atomic E-state index is 6.23. The second kappa shape index (κ2) is 8.59. The maximum Gasteiger partial charge on any atom is 0.137 e. The molecule has 2 unspecified atom stereocenters. The molecule has 1 saturated heterocycles. The van der Waals surface area contributed by atoms with Gasteiger partial charge in [0.1, 0.15) is 5.75 Å². The number of rotatable bonds is 7. The fraction of sp³-hybridized carbons (Fsp3) is 0.625. The number of ether oxygens (including phenoxy) is 3. The van der Waals surface area contributed by atoms with Gasteiger partial charge in [-0.25, -0.2) is 0 Å². The molecule has 0 radical (unpaired) electrons. The summed E-state index contributed by atoms with van der Waals surface area (Å²) in [4.78, 5) is 0. The molecule has 0 spiro atoms. The zero-order valence-electron chi connectivity index (χ0n) is 12.7. The highest BCUT2D eigenvalue weighted by Gasteiger charge is 2.27. The number of methoxy groups -OCH3 is 2. The van der Waals surface area contributed by atoms with Crippen molar-refractivity contribution in [2.45, 2.75) is 18.9 Å². The monoisotopic (exact) mass is 313 g/mol. The third kappa shape index (κ3) is 4.58. The Bertz CT molecular complexity index is 442. The number of benzene rings is 1. The molecule has 1 heterocycles. The lowest BCUT2D eigenvalue weighted by Crippen LogP contribution is -2.33. The Kier molecular flexibility index (Phi) is 6.77. The first-order chi connectivity index (χ1) is 10.3. The highest BCUT2D eigenvalue weighted by atomic mass is 35.5. The van der Waals surface area contributed by atoms with E-state index in [4.69, 9.17) is 25.8 Å². The molecule has 0 aromatic heterocycles. The lowest BCUT2D eigenvalue weighted by molar-refractivity contribution is -0.0280. The summed E-state index contributed by atoms with van der Waals surface area (Å²) in [6.07, 6.45) is 2.36. The molecule has 1 aromatic carbocycles. The third-order valence-electron chi connectivity index (χ3n) is 3.84. The summed E-state index contributed by atoms with van der Waals surface area (Å²) in [7, 11) is 3.34. The van der Waals surface area contributed by atoms with Crippen molar-refractivity contribution < 1.29 is 14.2 Å². The van der Waals surface area contributed by atoms with Gasteiger partial charge in [0.25, 0.3) is 0 Å². The third-order valence-corrected chi connectivity index (χ3v) is 4.13. The summed E-state index contributed by atoms with van der Waals surface area (Å²) in [6.45, 7) is 3.33. The van der Waals surface area contributed by atoms with Crippen molar-refractivity contribution in [1.82, 2.24) is 5.32 Å². The largest absolute Gasteiger partial charge is 0.495 e. The van der Waals surface area contributed by atoms with Gasteiger partial charge in [-0.2, -0.15) is 0 Å². The summed E-state index contributed by atoms with van der Waals surface area (Å²) >= 11 is 6.23. The summed E-state index contributed by atoms with van der Waals surface area (Å²) < 4.78 is 16.3. The lowest BCUT2D eigenvalue weighted by Gasteiger charge is -2.32. The summed E-state index contributed by atoms with van der Waals surface area (Å²) in [5.74, 6) is 1.16. The number of hydrogen-bond donors (Lipinski definition) is 1. The molecular formula is C16H24ClNO3. The second-order valence-electron chi connectivity index (χ2n) is 5.28. The highest BCUT2D eigenvalue weighted by Crippen LogP contribution is 2.36. The topological polar surface area (TPSA) is 39.7 Å². The summed E-state index contributed by atoms with van der Waals surface area (Å²) in [5, 5.41) is 4.06. The van der Waals surface area contributed by atoms with E-state index < -0.39 is 0 Å². The highest BCUT2D eigenvalue weighted by molar-refractivity contribution is 6.32. The molecular weight excluding hydrogens is 290 g/mol. The van der Waals surface area contributed by atoms with E-state index in [1.165, 1.54) is 0 Å². The van der Waals surface area contributed by atoms with Gasteiger partial charge in [0.2, 0.25) is 0 Å². The van der Waals surface area contributed by atoms with Crippen molar-refractivity contribution >= 4 is 11.6 Å². The predicted molar refractivity (Wildman–Crippen MR) is 84.2 cm³/mol. The molecule has 5 heteroatoms. The van der Waals surface area contributed by atoms with E-state index in [9.17, 15) is 0 Å². The Morgan fingerprint density at radius 1 is 1.38 bits per heavy atom. The van der Waals surface area contributed by atoms with E-state index in [0.29, 0.717) is 16.7 Å². The maximum atomic E-state index is 6.23. The van der Waals surface area contributed by atoms with Gasteiger partial charge in [0, 0.05) is 32.7 Å². The van der Waals surface area contributed by atoms with Crippen LogP contribution in [0.1, 0.15) is 24.5 Å². The SMILES string of the molecule is COCCNCC1CCCOC1c1ccc(OC)c(Cl)c1. The number of halogens is 1. The molecule has 1 aromatic rings. The zero-order chi connectivity index (χ0) is 15.1. The molecule has 1 aliphatic rings. The van der Waals surface area contributed by atoms with Gasteiger partial charge < -0.3 is 19.5 Å². The van der Waals surface area contributed by atoms with Crippen molar-refractivity contribution in [2.75, 3.05) is 40.5 Å². The summed E-state index contributed by atoms with van der Waals surface area (Å²) in [6, 6.07) is 5.91. The molecule has 2 atom stereocenters. The molecule has 118 valence electrons. The van der Waals surface area contributed by atoms with E-state index in [1.807, 2.05) is 18.2 Å². The molecule has 0 saturated carbocycles.